The minimum atomic E-state index is 0.103. The molecule has 0 amide bonds. The molecule has 6 heteroatoms. The highest BCUT2D eigenvalue weighted by atomic mass is 32.1. The maximum absolute atomic E-state index is 8.94. The number of para-hydroxylation sites is 1. The second-order valence-corrected chi connectivity index (χ2v) is 4.50. The summed E-state index contributed by atoms with van der Waals surface area (Å²) in [5.74, 6) is 0.760. The standard InChI is InChI=1S/C11H13N3O2S/c12-11-14-13-10(17-11)7-16-9-4-2-1-3-8(9)5-6-15/h1-4,15H,5-7H2,(H2,12,14). The molecule has 0 atom stereocenters. The fourth-order valence-corrected chi connectivity index (χ4v) is 1.96. The first-order valence-electron chi connectivity index (χ1n) is 5.19. The van der Waals surface area contributed by atoms with Gasteiger partial charge in [0.25, 0.3) is 0 Å². The molecule has 1 aromatic heterocycles. The Hall–Kier alpha value is -1.66. The Labute approximate surface area is 103 Å². The summed E-state index contributed by atoms with van der Waals surface area (Å²) in [6, 6.07) is 7.61. The van der Waals surface area contributed by atoms with Gasteiger partial charge in [0.15, 0.2) is 5.01 Å². The fourth-order valence-electron chi connectivity index (χ4n) is 1.44. The summed E-state index contributed by atoms with van der Waals surface area (Å²) in [5, 5.41) is 17.7. The van der Waals surface area contributed by atoms with Gasteiger partial charge in [-0.1, -0.05) is 29.5 Å². The van der Waals surface area contributed by atoms with Crippen LogP contribution in [0.1, 0.15) is 10.6 Å². The molecule has 90 valence electrons. The third kappa shape index (κ3) is 3.15. The quantitative estimate of drug-likeness (QED) is 0.835. The first-order chi connectivity index (χ1) is 8.29. The number of benzene rings is 1. The Morgan fingerprint density at radius 3 is 2.82 bits per heavy atom. The largest absolute Gasteiger partial charge is 0.486 e. The summed E-state index contributed by atoms with van der Waals surface area (Å²) >= 11 is 1.31. The van der Waals surface area contributed by atoms with E-state index in [1.807, 2.05) is 24.3 Å². The number of aliphatic hydroxyl groups excluding tert-OH is 1. The second-order valence-electron chi connectivity index (χ2n) is 3.40. The van der Waals surface area contributed by atoms with Gasteiger partial charge in [-0.05, 0) is 18.1 Å². The van der Waals surface area contributed by atoms with Gasteiger partial charge in [-0.3, -0.25) is 0 Å². The minimum absolute atomic E-state index is 0.103. The molecule has 0 fully saturated rings. The maximum Gasteiger partial charge on any atom is 0.203 e. The first-order valence-corrected chi connectivity index (χ1v) is 6.00. The predicted molar refractivity (Wildman–Crippen MR) is 65.9 cm³/mol. The highest BCUT2D eigenvalue weighted by molar-refractivity contribution is 7.15. The average Bonchev–Trinajstić information content (AvgIpc) is 2.74. The van der Waals surface area contributed by atoms with Crippen LogP contribution in [0.5, 0.6) is 5.75 Å². The summed E-state index contributed by atoms with van der Waals surface area (Å²) in [5.41, 5.74) is 6.46. The minimum Gasteiger partial charge on any atom is -0.486 e. The van der Waals surface area contributed by atoms with Crippen LogP contribution in [0.4, 0.5) is 5.13 Å². The number of hydrogen-bond donors (Lipinski definition) is 2. The number of aliphatic hydroxyl groups is 1. The molecular weight excluding hydrogens is 238 g/mol. The predicted octanol–water partition coefficient (Wildman–Crippen LogP) is 1.23. The van der Waals surface area contributed by atoms with E-state index in [4.69, 9.17) is 15.6 Å². The van der Waals surface area contributed by atoms with E-state index < -0.39 is 0 Å². The first kappa shape index (κ1) is 11.8. The lowest BCUT2D eigenvalue weighted by Gasteiger charge is -2.08. The van der Waals surface area contributed by atoms with Crippen LogP contribution < -0.4 is 10.5 Å². The van der Waals surface area contributed by atoms with Gasteiger partial charge in [0.1, 0.15) is 12.4 Å². The summed E-state index contributed by atoms with van der Waals surface area (Å²) < 4.78 is 5.63. The van der Waals surface area contributed by atoms with E-state index >= 15 is 0 Å². The van der Waals surface area contributed by atoms with E-state index in [2.05, 4.69) is 10.2 Å². The van der Waals surface area contributed by atoms with Gasteiger partial charge in [-0.2, -0.15) is 0 Å². The summed E-state index contributed by atoms with van der Waals surface area (Å²) in [6.45, 7) is 0.448. The monoisotopic (exact) mass is 251 g/mol. The van der Waals surface area contributed by atoms with Crippen molar-refractivity contribution in [3.8, 4) is 5.75 Å². The molecular formula is C11H13N3O2S. The van der Waals surface area contributed by atoms with Crippen molar-refractivity contribution in [2.75, 3.05) is 12.3 Å². The van der Waals surface area contributed by atoms with Crippen LogP contribution in [0.2, 0.25) is 0 Å². The normalized spacial score (nSPS) is 10.4. The Bertz CT molecular complexity index is 487. The Morgan fingerprint density at radius 1 is 1.29 bits per heavy atom. The van der Waals surface area contributed by atoms with Crippen molar-refractivity contribution < 1.29 is 9.84 Å². The Kier molecular flexibility index (Phi) is 3.89. The van der Waals surface area contributed by atoms with Crippen LogP contribution in [-0.4, -0.2) is 21.9 Å². The van der Waals surface area contributed by atoms with Crippen molar-refractivity contribution >= 4 is 16.5 Å². The molecule has 2 rings (SSSR count). The third-order valence-electron chi connectivity index (χ3n) is 2.19. The van der Waals surface area contributed by atoms with Gasteiger partial charge in [0, 0.05) is 6.61 Å². The molecule has 0 bridgehead atoms. The number of hydrogen-bond acceptors (Lipinski definition) is 6. The van der Waals surface area contributed by atoms with Crippen LogP contribution in [-0.2, 0) is 13.0 Å². The molecule has 2 aromatic rings. The van der Waals surface area contributed by atoms with Crippen LogP contribution in [0.25, 0.3) is 0 Å². The molecule has 0 aliphatic rings. The van der Waals surface area contributed by atoms with Gasteiger partial charge in [0.2, 0.25) is 5.13 Å². The van der Waals surface area contributed by atoms with E-state index in [-0.39, 0.29) is 6.61 Å². The van der Waals surface area contributed by atoms with Crippen LogP contribution in [0.15, 0.2) is 24.3 Å². The molecule has 3 N–H and O–H groups in total. The number of aromatic nitrogens is 2. The van der Waals surface area contributed by atoms with E-state index in [1.165, 1.54) is 11.3 Å². The highest BCUT2D eigenvalue weighted by Gasteiger charge is 2.05. The van der Waals surface area contributed by atoms with Gasteiger partial charge in [-0.15, -0.1) is 10.2 Å². The maximum atomic E-state index is 8.94. The molecule has 0 saturated heterocycles. The number of nitrogen functional groups attached to an aromatic ring is 1. The molecule has 17 heavy (non-hydrogen) atoms. The lowest BCUT2D eigenvalue weighted by Crippen LogP contribution is -2.00. The second kappa shape index (κ2) is 5.60. The van der Waals surface area contributed by atoms with Crippen molar-refractivity contribution in [1.29, 1.82) is 0 Å². The van der Waals surface area contributed by atoms with Gasteiger partial charge < -0.3 is 15.6 Å². The zero-order chi connectivity index (χ0) is 12.1. The van der Waals surface area contributed by atoms with E-state index in [1.54, 1.807) is 0 Å². The molecule has 0 unspecified atom stereocenters. The molecule has 5 nitrogen and oxygen atoms in total. The third-order valence-corrected chi connectivity index (χ3v) is 2.91. The van der Waals surface area contributed by atoms with Gasteiger partial charge in [-0.25, -0.2) is 0 Å². The number of rotatable bonds is 5. The average molecular weight is 251 g/mol. The molecule has 0 spiro atoms. The zero-order valence-corrected chi connectivity index (χ0v) is 9.98. The number of ether oxygens (including phenoxy) is 1. The molecule has 1 heterocycles. The van der Waals surface area contributed by atoms with Crippen molar-refractivity contribution in [2.45, 2.75) is 13.0 Å². The summed E-state index contributed by atoms with van der Waals surface area (Å²) in [4.78, 5) is 0. The van der Waals surface area contributed by atoms with E-state index in [0.29, 0.717) is 18.2 Å². The molecule has 0 saturated carbocycles. The lowest BCUT2D eigenvalue weighted by atomic mass is 10.1. The SMILES string of the molecule is Nc1nnc(COc2ccccc2CCO)s1. The fraction of sp³-hybridized carbons (Fsp3) is 0.273. The zero-order valence-electron chi connectivity index (χ0n) is 9.17. The van der Waals surface area contributed by atoms with Crippen molar-refractivity contribution in [2.24, 2.45) is 0 Å². The smallest absolute Gasteiger partial charge is 0.203 e. The Balaban J connectivity index is 2.03. The molecule has 0 radical (unpaired) electrons. The van der Waals surface area contributed by atoms with Crippen molar-refractivity contribution in [3.63, 3.8) is 0 Å². The van der Waals surface area contributed by atoms with E-state index in [0.717, 1.165) is 16.3 Å². The highest BCUT2D eigenvalue weighted by Crippen LogP contribution is 2.20. The lowest BCUT2D eigenvalue weighted by molar-refractivity contribution is 0.283. The molecule has 0 aliphatic carbocycles. The topological polar surface area (TPSA) is 81.3 Å². The van der Waals surface area contributed by atoms with Crippen LogP contribution in [0.3, 0.4) is 0 Å². The van der Waals surface area contributed by atoms with Crippen molar-refractivity contribution in [3.05, 3.63) is 34.8 Å². The van der Waals surface area contributed by atoms with Crippen molar-refractivity contribution in [1.82, 2.24) is 10.2 Å². The number of anilines is 1. The van der Waals surface area contributed by atoms with Crippen LogP contribution >= 0.6 is 11.3 Å². The number of nitrogens with two attached hydrogens (primary N) is 1. The molecule has 0 aliphatic heterocycles. The Morgan fingerprint density at radius 2 is 2.12 bits per heavy atom. The molecule has 1 aromatic carbocycles. The number of nitrogens with zero attached hydrogens (tertiary/aromatic N) is 2. The van der Waals surface area contributed by atoms with Gasteiger partial charge in [0.05, 0.1) is 0 Å². The summed E-state index contributed by atoms with van der Waals surface area (Å²) in [7, 11) is 0. The van der Waals surface area contributed by atoms with E-state index in [9.17, 15) is 0 Å². The van der Waals surface area contributed by atoms with Crippen LogP contribution in [0, 0.1) is 0 Å². The summed E-state index contributed by atoms with van der Waals surface area (Å²) in [6.07, 6.45) is 0.578. The van der Waals surface area contributed by atoms with Gasteiger partial charge >= 0.3 is 0 Å².